The summed E-state index contributed by atoms with van der Waals surface area (Å²) < 4.78 is 10.6. The predicted molar refractivity (Wildman–Crippen MR) is 100 cm³/mol. The number of amides is 1. The fraction of sp³-hybridized carbons (Fsp3) is 0.611. The highest BCUT2D eigenvalue weighted by atomic mass is 35.5. The molecule has 0 aliphatic rings. The van der Waals surface area contributed by atoms with E-state index < -0.39 is 5.41 Å². The van der Waals surface area contributed by atoms with Gasteiger partial charge in [-0.3, -0.25) is 4.79 Å². The van der Waals surface area contributed by atoms with E-state index in [1.165, 1.54) is 0 Å². The standard InChI is InChI=1S/C18H30N2O3.ClH/c1-17(2,11-19)12-20(5)16(21)18(3,4)13-8-9-14(22-6)15(10-13)23-7;/h8-10H,11-12,19H2,1-7H3;1H. The van der Waals surface area contributed by atoms with Gasteiger partial charge in [0.1, 0.15) is 0 Å². The van der Waals surface area contributed by atoms with Gasteiger partial charge in [0.05, 0.1) is 19.6 Å². The Balaban J connectivity index is 0.00000529. The molecular formula is C18H31ClN2O3. The van der Waals surface area contributed by atoms with Gasteiger partial charge in [-0.05, 0) is 43.5 Å². The van der Waals surface area contributed by atoms with E-state index in [9.17, 15) is 4.79 Å². The van der Waals surface area contributed by atoms with Crippen molar-refractivity contribution in [2.24, 2.45) is 11.1 Å². The summed E-state index contributed by atoms with van der Waals surface area (Å²) >= 11 is 0. The number of methoxy groups -OCH3 is 2. The Labute approximate surface area is 151 Å². The molecule has 0 spiro atoms. The van der Waals surface area contributed by atoms with Crippen LogP contribution in [0.4, 0.5) is 0 Å². The molecule has 1 aromatic rings. The van der Waals surface area contributed by atoms with Crippen molar-refractivity contribution in [1.82, 2.24) is 4.90 Å². The summed E-state index contributed by atoms with van der Waals surface area (Å²) in [6, 6.07) is 5.59. The molecular weight excluding hydrogens is 328 g/mol. The van der Waals surface area contributed by atoms with Crippen LogP contribution in [0.5, 0.6) is 11.5 Å². The zero-order chi connectivity index (χ0) is 17.8. The molecule has 0 aromatic heterocycles. The van der Waals surface area contributed by atoms with Crippen LogP contribution in [-0.4, -0.2) is 45.2 Å². The zero-order valence-electron chi connectivity index (χ0n) is 15.8. The van der Waals surface area contributed by atoms with E-state index in [2.05, 4.69) is 13.8 Å². The molecule has 1 amide bonds. The third-order valence-corrected chi connectivity index (χ3v) is 4.20. The molecule has 5 nitrogen and oxygen atoms in total. The highest BCUT2D eigenvalue weighted by Gasteiger charge is 2.34. The number of ether oxygens (including phenoxy) is 2. The molecule has 0 saturated carbocycles. The summed E-state index contributed by atoms with van der Waals surface area (Å²) in [7, 11) is 5.01. The van der Waals surface area contributed by atoms with Gasteiger partial charge in [0.2, 0.25) is 5.91 Å². The van der Waals surface area contributed by atoms with E-state index in [-0.39, 0.29) is 23.7 Å². The van der Waals surface area contributed by atoms with Gasteiger partial charge in [0, 0.05) is 13.6 Å². The number of benzene rings is 1. The second-order valence-corrected chi connectivity index (χ2v) is 7.22. The molecule has 6 heteroatoms. The summed E-state index contributed by atoms with van der Waals surface area (Å²) in [5.74, 6) is 1.32. The fourth-order valence-corrected chi connectivity index (χ4v) is 2.60. The summed E-state index contributed by atoms with van der Waals surface area (Å²) in [4.78, 5) is 14.7. The minimum atomic E-state index is -0.668. The van der Waals surface area contributed by atoms with Crippen molar-refractivity contribution in [2.45, 2.75) is 33.1 Å². The molecule has 0 radical (unpaired) electrons. The van der Waals surface area contributed by atoms with Crippen molar-refractivity contribution in [3.63, 3.8) is 0 Å². The van der Waals surface area contributed by atoms with Crippen LogP contribution in [0.1, 0.15) is 33.3 Å². The quantitative estimate of drug-likeness (QED) is 0.814. The number of carbonyl (C=O) groups is 1. The second-order valence-electron chi connectivity index (χ2n) is 7.22. The van der Waals surface area contributed by atoms with Crippen molar-refractivity contribution in [1.29, 1.82) is 0 Å². The molecule has 0 saturated heterocycles. The second kappa shape index (κ2) is 8.58. The molecule has 0 aliphatic heterocycles. The van der Waals surface area contributed by atoms with Gasteiger partial charge >= 0.3 is 0 Å². The van der Waals surface area contributed by atoms with E-state index in [0.29, 0.717) is 24.6 Å². The average molecular weight is 359 g/mol. The van der Waals surface area contributed by atoms with Gasteiger partial charge in [0.15, 0.2) is 11.5 Å². The van der Waals surface area contributed by atoms with Crippen LogP contribution in [0.3, 0.4) is 0 Å². The van der Waals surface area contributed by atoms with E-state index in [1.807, 2.05) is 39.1 Å². The molecule has 0 unspecified atom stereocenters. The average Bonchev–Trinajstić information content (AvgIpc) is 2.52. The largest absolute Gasteiger partial charge is 0.493 e. The lowest BCUT2D eigenvalue weighted by Gasteiger charge is -2.35. The van der Waals surface area contributed by atoms with Gasteiger partial charge in [-0.15, -0.1) is 12.4 Å². The lowest BCUT2D eigenvalue weighted by molar-refractivity contribution is -0.136. The zero-order valence-corrected chi connectivity index (χ0v) is 16.6. The summed E-state index contributed by atoms with van der Waals surface area (Å²) in [6.45, 7) is 9.09. The van der Waals surface area contributed by atoms with Gasteiger partial charge in [-0.1, -0.05) is 19.9 Å². The van der Waals surface area contributed by atoms with Crippen LogP contribution < -0.4 is 15.2 Å². The molecule has 2 N–H and O–H groups in total. The van der Waals surface area contributed by atoms with Crippen molar-refractivity contribution in [3.8, 4) is 11.5 Å². The Morgan fingerprint density at radius 2 is 1.67 bits per heavy atom. The van der Waals surface area contributed by atoms with Crippen LogP contribution >= 0.6 is 12.4 Å². The first-order valence-electron chi connectivity index (χ1n) is 7.77. The Morgan fingerprint density at radius 3 is 2.12 bits per heavy atom. The first-order chi connectivity index (χ1) is 10.6. The number of rotatable bonds is 7. The number of nitrogens with two attached hydrogens (primary N) is 1. The van der Waals surface area contributed by atoms with E-state index in [0.717, 1.165) is 5.56 Å². The van der Waals surface area contributed by atoms with Crippen molar-refractivity contribution >= 4 is 18.3 Å². The van der Waals surface area contributed by atoms with Gasteiger partial charge < -0.3 is 20.1 Å². The molecule has 1 aromatic carbocycles. The fourth-order valence-electron chi connectivity index (χ4n) is 2.60. The van der Waals surface area contributed by atoms with E-state index >= 15 is 0 Å². The van der Waals surface area contributed by atoms with Crippen LogP contribution in [0.25, 0.3) is 0 Å². The minimum Gasteiger partial charge on any atom is -0.493 e. The molecule has 138 valence electrons. The Morgan fingerprint density at radius 1 is 1.12 bits per heavy atom. The van der Waals surface area contributed by atoms with Crippen molar-refractivity contribution < 1.29 is 14.3 Å². The SMILES string of the molecule is COc1ccc(C(C)(C)C(=O)N(C)CC(C)(C)CN)cc1OC.Cl. The normalized spacial score (nSPS) is 11.5. The summed E-state index contributed by atoms with van der Waals surface area (Å²) in [5.41, 5.74) is 5.88. The maximum atomic E-state index is 12.9. The number of carbonyl (C=O) groups excluding carboxylic acids is 1. The molecule has 1 rings (SSSR count). The topological polar surface area (TPSA) is 64.8 Å². The predicted octanol–water partition coefficient (Wildman–Crippen LogP) is 2.85. The van der Waals surface area contributed by atoms with Gasteiger partial charge in [-0.2, -0.15) is 0 Å². The van der Waals surface area contributed by atoms with Crippen LogP contribution in [-0.2, 0) is 10.2 Å². The number of nitrogens with zero attached hydrogens (tertiary/aromatic N) is 1. The van der Waals surface area contributed by atoms with Crippen molar-refractivity contribution in [3.05, 3.63) is 23.8 Å². The minimum absolute atomic E-state index is 0. The summed E-state index contributed by atoms with van der Waals surface area (Å²) in [5, 5.41) is 0. The lowest BCUT2D eigenvalue weighted by atomic mass is 9.82. The first kappa shape index (κ1) is 22.5. The number of halogens is 1. The Kier molecular flexibility index (Phi) is 8.06. The van der Waals surface area contributed by atoms with E-state index in [4.69, 9.17) is 15.2 Å². The molecule has 0 bridgehead atoms. The maximum Gasteiger partial charge on any atom is 0.232 e. The lowest BCUT2D eigenvalue weighted by Crippen LogP contribution is -2.46. The Bertz CT molecular complexity index is 559. The third kappa shape index (κ3) is 5.02. The van der Waals surface area contributed by atoms with E-state index in [1.54, 1.807) is 19.1 Å². The van der Waals surface area contributed by atoms with Crippen LogP contribution in [0, 0.1) is 5.41 Å². The third-order valence-electron chi connectivity index (χ3n) is 4.20. The van der Waals surface area contributed by atoms with Crippen LogP contribution in [0.2, 0.25) is 0 Å². The molecule has 0 fully saturated rings. The summed E-state index contributed by atoms with van der Waals surface area (Å²) in [6.07, 6.45) is 0. The van der Waals surface area contributed by atoms with Crippen LogP contribution in [0.15, 0.2) is 18.2 Å². The molecule has 24 heavy (non-hydrogen) atoms. The monoisotopic (exact) mass is 358 g/mol. The highest BCUT2D eigenvalue weighted by Crippen LogP contribution is 2.34. The Hall–Kier alpha value is -1.46. The first-order valence-corrected chi connectivity index (χ1v) is 7.77. The van der Waals surface area contributed by atoms with Gasteiger partial charge in [0.25, 0.3) is 0 Å². The molecule has 0 atom stereocenters. The number of likely N-dealkylation sites (N-methyl/N-ethyl adjacent to an activating group) is 1. The van der Waals surface area contributed by atoms with Crippen molar-refractivity contribution in [2.75, 3.05) is 34.4 Å². The highest BCUT2D eigenvalue weighted by molar-refractivity contribution is 5.87. The number of hydrogen-bond acceptors (Lipinski definition) is 4. The number of hydrogen-bond donors (Lipinski definition) is 1. The maximum absolute atomic E-state index is 12.9. The molecule has 0 heterocycles. The van der Waals surface area contributed by atoms with Gasteiger partial charge in [-0.25, -0.2) is 0 Å². The smallest absolute Gasteiger partial charge is 0.232 e. The molecule has 0 aliphatic carbocycles.